The summed E-state index contributed by atoms with van der Waals surface area (Å²) in [6.45, 7) is 3.96. The molecule has 2 aromatic carbocycles. The molecule has 0 saturated carbocycles. The van der Waals surface area contributed by atoms with Gasteiger partial charge < -0.3 is 5.32 Å². The zero-order valence-electron chi connectivity index (χ0n) is 12.1. The van der Waals surface area contributed by atoms with Gasteiger partial charge in [0, 0.05) is 5.69 Å². The third-order valence-electron chi connectivity index (χ3n) is 3.06. The molecular weight excluding hydrogens is 260 g/mol. The van der Waals surface area contributed by atoms with Crippen LogP contribution >= 0.6 is 0 Å². The Labute approximate surface area is 124 Å². The quantitative estimate of drug-likeness (QED) is 0.684. The minimum Gasteiger partial charge on any atom is -0.321 e. The molecule has 0 heterocycles. The molecule has 0 aliphatic rings. The maximum Gasteiger partial charge on any atom is 0.266 e. The molecule has 21 heavy (non-hydrogen) atoms. The van der Waals surface area contributed by atoms with Gasteiger partial charge in [0.2, 0.25) is 0 Å². The number of hydrogen-bond acceptors (Lipinski definition) is 2. The third kappa shape index (κ3) is 4.05. The van der Waals surface area contributed by atoms with E-state index in [0.29, 0.717) is 5.69 Å². The lowest BCUT2D eigenvalue weighted by molar-refractivity contribution is -0.112. The van der Waals surface area contributed by atoms with Gasteiger partial charge in [-0.2, -0.15) is 5.26 Å². The maximum atomic E-state index is 12.1. The first-order valence-electron chi connectivity index (χ1n) is 6.65. The molecule has 0 aliphatic heterocycles. The van der Waals surface area contributed by atoms with Crippen molar-refractivity contribution in [2.24, 2.45) is 0 Å². The molecule has 2 rings (SSSR count). The highest BCUT2D eigenvalue weighted by Gasteiger charge is 2.09. The van der Waals surface area contributed by atoms with Gasteiger partial charge in [-0.1, -0.05) is 47.5 Å². The number of amides is 1. The van der Waals surface area contributed by atoms with E-state index in [0.717, 1.165) is 16.7 Å². The van der Waals surface area contributed by atoms with Crippen LogP contribution in [-0.4, -0.2) is 5.91 Å². The summed E-state index contributed by atoms with van der Waals surface area (Å²) in [5.74, 6) is -0.401. The van der Waals surface area contributed by atoms with Crippen molar-refractivity contribution in [2.75, 3.05) is 5.32 Å². The van der Waals surface area contributed by atoms with E-state index in [-0.39, 0.29) is 5.57 Å². The Morgan fingerprint density at radius 1 is 1.00 bits per heavy atom. The predicted molar refractivity (Wildman–Crippen MR) is 84.6 cm³/mol. The second-order valence-electron chi connectivity index (χ2n) is 4.90. The Morgan fingerprint density at radius 2 is 1.52 bits per heavy atom. The molecule has 0 atom stereocenters. The lowest BCUT2D eigenvalue weighted by Crippen LogP contribution is -2.13. The van der Waals surface area contributed by atoms with E-state index in [1.54, 1.807) is 6.08 Å². The molecule has 0 unspecified atom stereocenters. The van der Waals surface area contributed by atoms with Crippen LogP contribution in [0.5, 0.6) is 0 Å². The average Bonchev–Trinajstić information content (AvgIpc) is 2.49. The van der Waals surface area contributed by atoms with Crippen molar-refractivity contribution < 1.29 is 4.79 Å². The molecule has 104 valence electrons. The predicted octanol–water partition coefficient (Wildman–Crippen LogP) is 3.85. The van der Waals surface area contributed by atoms with Crippen molar-refractivity contribution in [2.45, 2.75) is 13.8 Å². The zero-order valence-corrected chi connectivity index (χ0v) is 12.1. The average molecular weight is 276 g/mol. The summed E-state index contributed by atoms with van der Waals surface area (Å²) in [6, 6.07) is 17.0. The van der Waals surface area contributed by atoms with Gasteiger partial charge in [-0.15, -0.1) is 0 Å². The lowest BCUT2D eigenvalue weighted by atomic mass is 10.1. The largest absolute Gasteiger partial charge is 0.321 e. The Hall–Kier alpha value is -2.86. The first-order valence-corrected chi connectivity index (χ1v) is 6.65. The standard InChI is InChI=1S/C18H16N2O/c1-13-3-7-15(8-4-13)11-16(12-19)18(21)20-17-9-5-14(2)6-10-17/h3-11H,1-2H3,(H,20,21)/b16-11+. The summed E-state index contributed by atoms with van der Waals surface area (Å²) in [4.78, 5) is 12.1. The van der Waals surface area contributed by atoms with Crippen LogP contribution in [0.25, 0.3) is 6.08 Å². The van der Waals surface area contributed by atoms with Crippen LogP contribution in [0.4, 0.5) is 5.69 Å². The number of nitrogens with one attached hydrogen (secondary N) is 1. The highest BCUT2D eigenvalue weighted by atomic mass is 16.1. The van der Waals surface area contributed by atoms with Crippen molar-refractivity contribution in [3.8, 4) is 6.07 Å². The molecule has 0 radical (unpaired) electrons. The van der Waals surface area contributed by atoms with E-state index in [9.17, 15) is 4.79 Å². The number of carbonyl (C=O) groups excluding carboxylic acids is 1. The Morgan fingerprint density at radius 3 is 2.05 bits per heavy atom. The third-order valence-corrected chi connectivity index (χ3v) is 3.06. The summed E-state index contributed by atoms with van der Waals surface area (Å²) in [5.41, 5.74) is 3.84. The smallest absolute Gasteiger partial charge is 0.266 e. The molecule has 0 spiro atoms. The van der Waals surface area contributed by atoms with Crippen molar-refractivity contribution in [1.82, 2.24) is 0 Å². The van der Waals surface area contributed by atoms with Gasteiger partial charge in [0.1, 0.15) is 11.6 Å². The van der Waals surface area contributed by atoms with Crippen molar-refractivity contribution in [3.63, 3.8) is 0 Å². The van der Waals surface area contributed by atoms with Gasteiger partial charge in [-0.25, -0.2) is 0 Å². The maximum absolute atomic E-state index is 12.1. The van der Waals surface area contributed by atoms with E-state index < -0.39 is 5.91 Å². The molecule has 0 aromatic heterocycles. The normalized spacial score (nSPS) is 10.8. The van der Waals surface area contributed by atoms with Gasteiger partial charge in [0.25, 0.3) is 5.91 Å². The van der Waals surface area contributed by atoms with E-state index in [4.69, 9.17) is 5.26 Å². The number of nitrogens with zero attached hydrogens (tertiary/aromatic N) is 1. The van der Waals surface area contributed by atoms with Gasteiger partial charge >= 0.3 is 0 Å². The second-order valence-corrected chi connectivity index (χ2v) is 4.90. The van der Waals surface area contributed by atoms with Crippen LogP contribution in [0.1, 0.15) is 16.7 Å². The van der Waals surface area contributed by atoms with Crippen LogP contribution in [-0.2, 0) is 4.79 Å². The Bertz CT molecular complexity index is 704. The van der Waals surface area contributed by atoms with Crippen LogP contribution in [0.3, 0.4) is 0 Å². The Balaban J connectivity index is 2.17. The van der Waals surface area contributed by atoms with Crippen LogP contribution in [0.15, 0.2) is 54.1 Å². The highest BCUT2D eigenvalue weighted by molar-refractivity contribution is 6.09. The topological polar surface area (TPSA) is 52.9 Å². The number of hydrogen-bond donors (Lipinski definition) is 1. The van der Waals surface area contributed by atoms with Crippen molar-refractivity contribution in [3.05, 3.63) is 70.8 Å². The van der Waals surface area contributed by atoms with Gasteiger partial charge in [0.05, 0.1) is 0 Å². The SMILES string of the molecule is Cc1ccc(/C=C(\C#N)C(=O)Nc2ccc(C)cc2)cc1. The molecule has 0 saturated heterocycles. The molecule has 3 heteroatoms. The summed E-state index contributed by atoms with van der Waals surface area (Å²) in [7, 11) is 0. The first-order chi connectivity index (χ1) is 10.1. The minimum atomic E-state index is -0.401. The summed E-state index contributed by atoms with van der Waals surface area (Å²) in [6.07, 6.45) is 1.59. The Kier molecular flexibility index (Phi) is 4.53. The molecule has 2 aromatic rings. The molecular formula is C18H16N2O. The van der Waals surface area contributed by atoms with Crippen LogP contribution in [0, 0.1) is 25.2 Å². The number of rotatable bonds is 3. The van der Waals surface area contributed by atoms with E-state index >= 15 is 0 Å². The monoisotopic (exact) mass is 276 g/mol. The summed E-state index contributed by atoms with van der Waals surface area (Å²) >= 11 is 0. The fourth-order valence-corrected chi connectivity index (χ4v) is 1.81. The van der Waals surface area contributed by atoms with E-state index in [2.05, 4.69) is 5.32 Å². The minimum absolute atomic E-state index is 0.0828. The molecule has 1 amide bonds. The molecule has 3 nitrogen and oxygen atoms in total. The summed E-state index contributed by atoms with van der Waals surface area (Å²) in [5, 5.41) is 11.9. The lowest BCUT2D eigenvalue weighted by Gasteiger charge is -2.04. The molecule has 0 fully saturated rings. The van der Waals surface area contributed by atoms with Crippen molar-refractivity contribution in [1.29, 1.82) is 5.26 Å². The summed E-state index contributed by atoms with van der Waals surface area (Å²) < 4.78 is 0. The molecule has 0 bridgehead atoms. The number of aryl methyl sites for hydroxylation is 2. The number of benzene rings is 2. The number of nitriles is 1. The highest BCUT2D eigenvalue weighted by Crippen LogP contribution is 2.12. The van der Waals surface area contributed by atoms with Gasteiger partial charge in [-0.05, 0) is 37.6 Å². The van der Waals surface area contributed by atoms with Gasteiger partial charge in [-0.3, -0.25) is 4.79 Å². The van der Waals surface area contributed by atoms with Crippen molar-refractivity contribution >= 4 is 17.7 Å². The van der Waals surface area contributed by atoms with Crippen LogP contribution < -0.4 is 5.32 Å². The fourth-order valence-electron chi connectivity index (χ4n) is 1.81. The van der Waals surface area contributed by atoms with E-state index in [1.165, 1.54) is 0 Å². The number of anilines is 1. The van der Waals surface area contributed by atoms with Crippen LogP contribution in [0.2, 0.25) is 0 Å². The molecule has 1 N–H and O–H groups in total. The zero-order chi connectivity index (χ0) is 15.2. The van der Waals surface area contributed by atoms with E-state index in [1.807, 2.05) is 68.4 Å². The molecule has 0 aliphatic carbocycles. The number of carbonyl (C=O) groups is 1. The van der Waals surface area contributed by atoms with Gasteiger partial charge in [0.15, 0.2) is 0 Å². The second kappa shape index (κ2) is 6.53. The first kappa shape index (κ1) is 14.5. The fraction of sp³-hybridized carbons (Fsp3) is 0.111.